The zero-order valence-corrected chi connectivity index (χ0v) is 10.6. The number of aryl methyl sites for hydroxylation is 1. The summed E-state index contributed by atoms with van der Waals surface area (Å²) in [6, 6.07) is 4.53. The van der Waals surface area contributed by atoms with E-state index in [4.69, 9.17) is 16.3 Å². The molecule has 1 saturated heterocycles. The third-order valence-corrected chi connectivity index (χ3v) is 3.52. The Balaban J connectivity index is 2.34. The van der Waals surface area contributed by atoms with Crippen LogP contribution >= 0.6 is 11.6 Å². The first-order valence-corrected chi connectivity index (χ1v) is 6.17. The van der Waals surface area contributed by atoms with Gasteiger partial charge in [0.25, 0.3) is 0 Å². The third kappa shape index (κ3) is 2.33. The van der Waals surface area contributed by atoms with Crippen molar-refractivity contribution in [3.05, 3.63) is 28.3 Å². The molecule has 0 aromatic heterocycles. The molecule has 2 nitrogen and oxygen atoms in total. The molecule has 1 heterocycles. The predicted molar refractivity (Wildman–Crippen MR) is 67.3 cm³/mol. The average Bonchev–Trinajstić information content (AvgIpc) is 2.33. The number of piperidine rings is 1. The van der Waals surface area contributed by atoms with Crippen LogP contribution in [0.25, 0.3) is 0 Å². The summed E-state index contributed by atoms with van der Waals surface area (Å²) >= 11 is 6.35. The van der Waals surface area contributed by atoms with Gasteiger partial charge in [-0.25, -0.2) is 0 Å². The molecule has 0 aliphatic carbocycles. The minimum Gasteiger partial charge on any atom is -0.495 e. The maximum atomic E-state index is 6.35. The van der Waals surface area contributed by atoms with Crippen LogP contribution in [0.2, 0.25) is 5.02 Å². The molecule has 1 atom stereocenters. The SMILES string of the molecule is COc1cc(C)cc(C2CCCCN2)c1Cl. The molecule has 2 rings (SSSR count). The lowest BCUT2D eigenvalue weighted by Gasteiger charge is -2.25. The van der Waals surface area contributed by atoms with Crippen LogP contribution in [-0.2, 0) is 0 Å². The van der Waals surface area contributed by atoms with E-state index < -0.39 is 0 Å². The minimum atomic E-state index is 0.384. The van der Waals surface area contributed by atoms with Gasteiger partial charge < -0.3 is 10.1 Å². The lowest BCUT2D eigenvalue weighted by atomic mass is 9.96. The van der Waals surface area contributed by atoms with Gasteiger partial charge in [-0.1, -0.05) is 24.1 Å². The van der Waals surface area contributed by atoms with Gasteiger partial charge in [-0.05, 0) is 43.5 Å². The number of ether oxygens (including phenoxy) is 1. The van der Waals surface area contributed by atoms with E-state index in [9.17, 15) is 0 Å². The highest BCUT2D eigenvalue weighted by molar-refractivity contribution is 6.32. The van der Waals surface area contributed by atoms with Crippen LogP contribution in [-0.4, -0.2) is 13.7 Å². The van der Waals surface area contributed by atoms with Crippen LogP contribution in [0.4, 0.5) is 0 Å². The van der Waals surface area contributed by atoms with Gasteiger partial charge in [0.1, 0.15) is 5.75 Å². The van der Waals surface area contributed by atoms with Crippen LogP contribution in [0, 0.1) is 6.92 Å². The summed E-state index contributed by atoms with van der Waals surface area (Å²) in [5, 5.41) is 4.27. The standard InChI is InChI=1S/C13H18ClNO/c1-9-7-10(11-5-3-4-6-15-11)13(14)12(8-9)16-2/h7-8,11,15H,3-6H2,1-2H3. The number of halogens is 1. The van der Waals surface area contributed by atoms with E-state index in [1.54, 1.807) is 7.11 Å². The van der Waals surface area contributed by atoms with Crippen molar-refractivity contribution in [1.82, 2.24) is 5.32 Å². The zero-order valence-electron chi connectivity index (χ0n) is 9.85. The van der Waals surface area contributed by atoms with E-state index in [-0.39, 0.29) is 0 Å². The number of hydrogen-bond acceptors (Lipinski definition) is 2. The number of nitrogens with one attached hydrogen (secondary N) is 1. The van der Waals surface area contributed by atoms with E-state index >= 15 is 0 Å². The van der Waals surface area contributed by atoms with Crippen molar-refractivity contribution in [3.63, 3.8) is 0 Å². The first-order chi connectivity index (χ1) is 7.72. The third-order valence-electron chi connectivity index (χ3n) is 3.12. The van der Waals surface area contributed by atoms with Crippen molar-refractivity contribution in [3.8, 4) is 5.75 Å². The highest BCUT2D eigenvalue weighted by Gasteiger charge is 2.19. The highest BCUT2D eigenvalue weighted by atomic mass is 35.5. The Morgan fingerprint density at radius 1 is 1.38 bits per heavy atom. The van der Waals surface area contributed by atoms with Gasteiger partial charge in [0.05, 0.1) is 12.1 Å². The van der Waals surface area contributed by atoms with Crippen LogP contribution < -0.4 is 10.1 Å². The number of rotatable bonds is 2. The second-order valence-corrected chi connectivity index (χ2v) is 4.75. The fraction of sp³-hybridized carbons (Fsp3) is 0.538. The second kappa shape index (κ2) is 5.07. The fourth-order valence-corrected chi connectivity index (χ4v) is 2.60. The molecule has 1 N–H and O–H groups in total. The summed E-state index contributed by atoms with van der Waals surface area (Å²) < 4.78 is 5.30. The molecule has 0 spiro atoms. The molecule has 1 fully saturated rings. The molecule has 1 aliphatic rings. The number of benzene rings is 1. The number of hydrogen-bond donors (Lipinski definition) is 1. The monoisotopic (exact) mass is 239 g/mol. The molecule has 0 radical (unpaired) electrons. The zero-order chi connectivity index (χ0) is 11.5. The Labute approximate surface area is 102 Å². The molecule has 1 aromatic carbocycles. The average molecular weight is 240 g/mol. The number of methoxy groups -OCH3 is 1. The predicted octanol–water partition coefficient (Wildman–Crippen LogP) is 3.47. The summed E-state index contributed by atoms with van der Waals surface area (Å²) in [6.07, 6.45) is 3.69. The molecular formula is C13H18ClNO. The van der Waals surface area contributed by atoms with E-state index in [0.29, 0.717) is 6.04 Å². The summed E-state index contributed by atoms with van der Waals surface area (Å²) in [6.45, 7) is 3.16. The molecule has 1 aromatic rings. The topological polar surface area (TPSA) is 21.3 Å². The summed E-state index contributed by atoms with van der Waals surface area (Å²) in [4.78, 5) is 0. The van der Waals surface area contributed by atoms with Gasteiger partial charge in [0.2, 0.25) is 0 Å². The Morgan fingerprint density at radius 3 is 2.81 bits per heavy atom. The van der Waals surface area contributed by atoms with Gasteiger partial charge in [-0.3, -0.25) is 0 Å². The summed E-state index contributed by atoms with van der Waals surface area (Å²) in [7, 11) is 1.67. The van der Waals surface area contributed by atoms with Crippen LogP contribution in [0.1, 0.15) is 36.4 Å². The Hall–Kier alpha value is -0.730. The van der Waals surface area contributed by atoms with Gasteiger partial charge >= 0.3 is 0 Å². The lowest BCUT2D eigenvalue weighted by molar-refractivity contribution is 0.400. The normalized spacial score (nSPS) is 20.8. The van der Waals surface area contributed by atoms with Crippen molar-refractivity contribution in [2.24, 2.45) is 0 Å². The highest BCUT2D eigenvalue weighted by Crippen LogP contribution is 2.36. The molecule has 16 heavy (non-hydrogen) atoms. The molecule has 1 unspecified atom stereocenters. The van der Waals surface area contributed by atoms with Crippen molar-refractivity contribution in [2.75, 3.05) is 13.7 Å². The molecular weight excluding hydrogens is 222 g/mol. The van der Waals surface area contributed by atoms with Crippen LogP contribution in [0.5, 0.6) is 5.75 Å². The molecule has 0 bridgehead atoms. The van der Waals surface area contributed by atoms with Gasteiger partial charge in [-0.2, -0.15) is 0 Å². The summed E-state index contributed by atoms with van der Waals surface area (Å²) in [5.41, 5.74) is 2.38. The van der Waals surface area contributed by atoms with E-state index in [1.165, 1.54) is 24.0 Å². The largest absolute Gasteiger partial charge is 0.495 e. The van der Waals surface area contributed by atoms with Gasteiger partial charge in [0, 0.05) is 6.04 Å². The minimum absolute atomic E-state index is 0.384. The first kappa shape index (κ1) is 11.7. The molecule has 88 valence electrons. The van der Waals surface area contributed by atoms with Crippen molar-refractivity contribution in [2.45, 2.75) is 32.2 Å². The van der Waals surface area contributed by atoms with Crippen molar-refractivity contribution < 1.29 is 4.74 Å². The van der Waals surface area contributed by atoms with Gasteiger partial charge in [0.15, 0.2) is 0 Å². The van der Waals surface area contributed by atoms with E-state index in [1.807, 2.05) is 6.07 Å². The van der Waals surface area contributed by atoms with Gasteiger partial charge in [-0.15, -0.1) is 0 Å². The Kier molecular flexibility index (Phi) is 3.72. The molecule has 3 heteroatoms. The van der Waals surface area contributed by atoms with E-state index in [0.717, 1.165) is 23.7 Å². The maximum Gasteiger partial charge on any atom is 0.138 e. The summed E-state index contributed by atoms with van der Waals surface area (Å²) in [5.74, 6) is 0.782. The first-order valence-electron chi connectivity index (χ1n) is 5.80. The van der Waals surface area contributed by atoms with Crippen LogP contribution in [0.15, 0.2) is 12.1 Å². The van der Waals surface area contributed by atoms with Crippen molar-refractivity contribution in [1.29, 1.82) is 0 Å². The Morgan fingerprint density at radius 2 is 2.19 bits per heavy atom. The lowest BCUT2D eigenvalue weighted by Crippen LogP contribution is -2.27. The van der Waals surface area contributed by atoms with E-state index in [2.05, 4.69) is 18.3 Å². The smallest absolute Gasteiger partial charge is 0.138 e. The molecule has 0 amide bonds. The quantitative estimate of drug-likeness (QED) is 0.853. The van der Waals surface area contributed by atoms with Crippen LogP contribution in [0.3, 0.4) is 0 Å². The second-order valence-electron chi connectivity index (χ2n) is 4.37. The molecule has 0 saturated carbocycles. The Bertz CT molecular complexity index is 372. The maximum absolute atomic E-state index is 6.35. The molecule has 1 aliphatic heterocycles. The fourth-order valence-electron chi connectivity index (χ4n) is 2.28. The van der Waals surface area contributed by atoms with Crippen molar-refractivity contribution >= 4 is 11.6 Å².